The van der Waals surface area contributed by atoms with Crippen LogP contribution in [0.25, 0.3) is 0 Å². The number of aliphatic hydroxyl groups is 1. The van der Waals surface area contributed by atoms with Crippen molar-refractivity contribution in [2.75, 3.05) is 27.1 Å². The molecule has 0 spiro atoms. The lowest BCUT2D eigenvalue weighted by Gasteiger charge is -2.46. The summed E-state index contributed by atoms with van der Waals surface area (Å²) in [5.41, 5.74) is 2.61. The number of ether oxygens (including phenoxy) is 2. The summed E-state index contributed by atoms with van der Waals surface area (Å²) >= 11 is 0. The molecule has 0 radical (unpaired) electrons. The van der Waals surface area contributed by atoms with Gasteiger partial charge in [-0.15, -0.1) is 0 Å². The zero-order valence-electron chi connectivity index (χ0n) is 22.4. The van der Waals surface area contributed by atoms with Crippen LogP contribution in [0, 0.1) is 5.92 Å². The average molecular weight is 487 g/mol. The first-order chi connectivity index (χ1) is 14.6. The standard InChI is InChI=1S/C25H50O5Si2/c1-24(2,3)32(9,10)30-23-17-20(13-14-26)16-21(18-25(4,5)31(7,8)27)22(23)12-11-15-29-19-28-6/h12-13,21,23,26-27H,11,14-19H2,1-10H3/b20-13+,22-12-/t21-,23+/m0/s1. The molecule has 0 aliphatic heterocycles. The van der Waals surface area contributed by atoms with E-state index in [1.54, 1.807) is 7.11 Å². The van der Waals surface area contributed by atoms with Crippen molar-refractivity contribution < 1.29 is 23.8 Å². The van der Waals surface area contributed by atoms with Crippen LogP contribution in [0.5, 0.6) is 0 Å². The van der Waals surface area contributed by atoms with Gasteiger partial charge in [0.1, 0.15) is 6.79 Å². The molecule has 5 nitrogen and oxygen atoms in total. The van der Waals surface area contributed by atoms with Crippen LogP contribution in [0.3, 0.4) is 0 Å². The Hall–Kier alpha value is -0.286. The third-order valence-electron chi connectivity index (χ3n) is 7.68. The number of rotatable bonds is 11. The highest BCUT2D eigenvalue weighted by Crippen LogP contribution is 2.49. The third kappa shape index (κ3) is 8.49. The van der Waals surface area contributed by atoms with Gasteiger partial charge in [0, 0.05) is 7.11 Å². The fraction of sp³-hybridized carbons (Fsp3) is 0.840. The van der Waals surface area contributed by atoms with Gasteiger partial charge in [-0.3, -0.25) is 0 Å². The summed E-state index contributed by atoms with van der Waals surface area (Å²) < 4.78 is 17.5. The summed E-state index contributed by atoms with van der Waals surface area (Å²) in [5, 5.41) is 9.61. The summed E-state index contributed by atoms with van der Waals surface area (Å²) in [6.07, 6.45) is 7.75. The van der Waals surface area contributed by atoms with E-state index in [0.717, 1.165) is 25.7 Å². The van der Waals surface area contributed by atoms with E-state index in [1.807, 2.05) is 19.2 Å². The second kappa shape index (κ2) is 11.9. The quantitative estimate of drug-likeness (QED) is 0.162. The maximum atomic E-state index is 11.0. The molecule has 1 aliphatic carbocycles. The topological polar surface area (TPSA) is 68.2 Å². The first-order valence-corrected chi connectivity index (χ1v) is 17.9. The molecule has 188 valence electrons. The summed E-state index contributed by atoms with van der Waals surface area (Å²) in [6.45, 7) is 20.9. The van der Waals surface area contributed by atoms with Crippen molar-refractivity contribution in [2.45, 2.75) is 103 Å². The summed E-state index contributed by atoms with van der Waals surface area (Å²) in [5.74, 6) is 0.285. The van der Waals surface area contributed by atoms with Crippen molar-refractivity contribution in [1.82, 2.24) is 0 Å². The molecule has 0 aromatic heterocycles. The predicted molar refractivity (Wildman–Crippen MR) is 139 cm³/mol. The maximum Gasteiger partial charge on any atom is 0.192 e. The van der Waals surface area contributed by atoms with Crippen LogP contribution in [0.1, 0.15) is 60.3 Å². The second-order valence-corrected chi connectivity index (χ2v) is 21.2. The molecule has 0 amide bonds. The van der Waals surface area contributed by atoms with Crippen LogP contribution < -0.4 is 0 Å². The molecular formula is C25H50O5Si2. The van der Waals surface area contributed by atoms with Gasteiger partial charge in [0.05, 0.1) is 19.3 Å². The van der Waals surface area contributed by atoms with Gasteiger partial charge in [-0.2, -0.15) is 0 Å². The molecule has 0 aromatic rings. The van der Waals surface area contributed by atoms with E-state index in [4.69, 9.17) is 13.9 Å². The number of hydrogen-bond acceptors (Lipinski definition) is 5. The molecule has 1 aliphatic rings. The molecule has 7 heteroatoms. The third-order valence-corrected chi connectivity index (χ3v) is 15.7. The molecule has 0 heterocycles. The van der Waals surface area contributed by atoms with Crippen LogP contribution in [-0.2, 0) is 13.9 Å². The van der Waals surface area contributed by atoms with Crippen molar-refractivity contribution in [2.24, 2.45) is 5.92 Å². The normalized spacial score (nSPS) is 23.9. The van der Waals surface area contributed by atoms with Crippen molar-refractivity contribution in [3.05, 3.63) is 23.3 Å². The molecule has 2 atom stereocenters. The van der Waals surface area contributed by atoms with E-state index < -0.39 is 16.6 Å². The summed E-state index contributed by atoms with van der Waals surface area (Å²) in [7, 11) is -2.71. The average Bonchev–Trinajstić information content (AvgIpc) is 2.61. The lowest BCUT2D eigenvalue weighted by atomic mass is 9.75. The van der Waals surface area contributed by atoms with E-state index in [1.165, 1.54) is 11.1 Å². The Bertz CT molecular complexity index is 600. The monoisotopic (exact) mass is 486 g/mol. The summed E-state index contributed by atoms with van der Waals surface area (Å²) in [6, 6.07) is 0. The highest BCUT2D eigenvalue weighted by molar-refractivity contribution is 6.74. The fourth-order valence-electron chi connectivity index (χ4n) is 3.88. The van der Waals surface area contributed by atoms with Gasteiger partial charge < -0.3 is 23.8 Å². The zero-order valence-corrected chi connectivity index (χ0v) is 24.4. The SMILES string of the molecule is COCOCC/C=C1/[C@H](CC(C)(C)[Si](C)(C)O)C/C(=C\CO)C[C@H]1O[Si](C)(C)C(C)(C)C. The molecule has 2 N–H and O–H groups in total. The highest BCUT2D eigenvalue weighted by Gasteiger charge is 2.45. The molecular weight excluding hydrogens is 436 g/mol. The van der Waals surface area contributed by atoms with E-state index in [2.05, 4.69) is 53.8 Å². The number of aliphatic hydroxyl groups excluding tert-OH is 1. The Balaban J connectivity index is 3.33. The Morgan fingerprint density at radius 3 is 2.16 bits per heavy atom. The lowest BCUT2D eigenvalue weighted by Crippen LogP contribution is -2.47. The molecule has 0 saturated heterocycles. The van der Waals surface area contributed by atoms with E-state index in [-0.39, 0.29) is 28.7 Å². The predicted octanol–water partition coefficient (Wildman–Crippen LogP) is 6.01. The van der Waals surface area contributed by atoms with Gasteiger partial charge in [0.2, 0.25) is 0 Å². The molecule has 0 unspecified atom stereocenters. The van der Waals surface area contributed by atoms with Crippen molar-refractivity contribution in [3.8, 4) is 0 Å². The summed E-state index contributed by atoms with van der Waals surface area (Å²) in [4.78, 5) is 11.0. The number of hydrogen-bond donors (Lipinski definition) is 2. The van der Waals surface area contributed by atoms with Crippen molar-refractivity contribution in [1.29, 1.82) is 0 Å². The Morgan fingerprint density at radius 1 is 1.03 bits per heavy atom. The van der Waals surface area contributed by atoms with Crippen LogP contribution in [-0.4, -0.2) is 59.8 Å². The molecule has 1 saturated carbocycles. The minimum absolute atomic E-state index is 0.00846. The van der Waals surface area contributed by atoms with E-state index >= 15 is 0 Å². The highest BCUT2D eigenvalue weighted by atomic mass is 28.4. The second-order valence-electron chi connectivity index (χ2n) is 12.0. The largest absolute Gasteiger partial charge is 0.432 e. The Labute approximate surface area is 199 Å². The zero-order chi connectivity index (χ0) is 24.8. The fourth-order valence-corrected chi connectivity index (χ4v) is 5.91. The minimum Gasteiger partial charge on any atom is -0.432 e. The first kappa shape index (κ1) is 29.7. The molecule has 1 rings (SSSR count). The van der Waals surface area contributed by atoms with Crippen molar-refractivity contribution in [3.63, 3.8) is 0 Å². The molecule has 32 heavy (non-hydrogen) atoms. The molecule has 0 aromatic carbocycles. The Kier molecular flexibility index (Phi) is 11.1. The van der Waals surface area contributed by atoms with Crippen molar-refractivity contribution >= 4 is 16.6 Å². The van der Waals surface area contributed by atoms with E-state index in [9.17, 15) is 9.90 Å². The van der Waals surface area contributed by atoms with Crippen LogP contribution in [0.2, 0.25) is 36.3 Å². The molecule has 0 bridgehead atoms. The smallest absolute Gasteiger partial charge is 0.192 e. The van der Waals surface area contributed by atoms with Crippen LogP contribution in [0.4, 0.5) is 0 Å². The molecule has 1 fully saturated rings. The van der Waals surface area contributed by atoms with Gasteiger partial charge in [-0.1, -0.05) is 52.3 Å². The van der Waals surface area contributed by atoms with Gasteiger partial charge in [-0.05, 0) is 73.4 Å². The van der Waals surface area contributed by atoms with Crippen LogP contribution >= 0.6 is 0 Å². The number of methoxy groups -OCH3 is 1. The lowest BCUT2D eigenvalue weighted by molar-refractivity contribution is -0.0286. The van der Waals surface area contributed by atoms with Gasteiger partial charge >= 0.3 is 0 Å². The minimum atomic E-state index is -2.36. The van der Waals surface area contributed by atoms with E-state index in [0.29, 0.717) is 13.4 Å². The van der Waals surface area contributed by atoms with Crippen LogP contribution in [0.15, 0.2) is 23.3 Å². The van der Waals surface area contributed by atoms with Gasteiger partial charge in [0.25, 0.3) is 0 Å². The Morgan fingerprint density at radius 2 is 1.66 bits per heavy atom. The first-order valence-electron chi connectivity index (χ1n) is 12.0. The van der Waals surface area contributed by atoms with Gasteiger partial charge in [-0.25, -0.2) is 0 Å². The van der Waals surface area contributed by atoms with Gasteiger partial charge in [0.15, 0.2) is 16.6 Å². The maximum absolute atomic E-state index is 11.0.